The third kappa shape index (κ3) is 4.38. The first-order valence-corrected chi connectivity index (χ1v) is 6.41. The number of piperazine rings is 1. The van der Waals surface area contributed by atoms with E-state index in [4.69, 9.17) is 12.2 Å². The van der Waals surface area contributed by atoms with Gasteiger partial charge in [0.2, 0.25) is 0 Å². The highest BCUT2D eigenvalue weighted by molar-refractivity contribution is 7.80. The minimum absolute atomic E-state index is 0.295. The molecule has 0 aromatic heterocycles. The summed E-state index contributed by atoms with van der Waals surface area (Å²) in [6.07, 6.45) is 0. The summed E-state index contributed by atoms with van der Waals surface area (Å²) in [7, 11) is 2.06. The van der Waals surface area contributed by atoms with Crippen LogP contribution in [0, 0.1) is 11.6 Å². The number of hydrogen-bond acceptors (Lipinski definition) is 3. The van der Waals surface area contributed by atoms with Crippen LogP contribution in [0.3, 0.4) is 0 Å². The van der Waals surface area contributed by atoms with Crippen molar-refractivity contribution in [2.45, 2.75) is 0 Å². The highest BCUT2D eigenvalue weighted by Crippen LogP contribution is 2.12. The van der Waals surface area contributed by atoms with Crippen molar-refractivity contribution in [2.24, 2.45) is 0 Å². The van der Waals surface area contributed by atoms with Gasteiger partial charge in [0.25, 0.3) is 0 Å². The SMILES string of the molecule is CN1CCN(NC(=S)Nc2cc(F)cc(F)c2)CC1. The van der Waals surface area contributed by atoms with Gasteiger partial charge in [-0.2, -0.15) is 0 Å². The van der Waals surface area contributed by atoms with Crippen molar-refractivity contribution in [3.05, 3.63) is 29.8 Å². The molecule has 0 unspecified atom stereocenters. The van der Waals surface area contributed by atoms with E-state index in [1.807, 2.05) is 5.01 Å². The number of anilines is 1. The molecule has 1 fully saturated rings. The molecule has 1 heterocycles. The predicted molar refractivity (Wildman–Crippen MR) is 74.8 cm³/mol. The van der Waals surface area contributed by atoms with Gasteiger partial charge < -0.3 is 10.2 Å². The topological polar surface area (TPSA) is 30.5 Å². The summed E-state index contributed by atoms with van der Waals surface area (Å²) in [6, 6.07) is 3.21. The lowest BCUT2D eigenvalue weighted by Crippen LogP contribution is -2.53. The van der Waals surface area contributed by atoms with Crippen molar-refractivity contribution in [1.82, 2.24) is 15.3 Å². The Labute approximate surface area is 116 Å². The predicted octanol–water partition coefficient (Wildman–Crippen LogP) is 1.41. The summed E-state index contributed by atoms with van der Waals surface area (Å²) in [5.41, 5.74) is 3.30. The van der Waals surface area contributed by atoms with Gasteiger partial charge in [0.15, 0.2) is 5.11 Å². The van der Waals surface area contributed by atoms with Crippen LogP contribution in [-0.4, -0.2) is 48.2 Å². The zero-order valence-electron chi connectivity index (χ0n) is 10.6. The minimum Gasteiger partial charge on any atom is -0.331 e. The van der Waals surface area contributed by atoms with E-state index < -0.39 is 11.6 Å². The zero-order valence-corrected chi connectivity index (χ0v) is 11.4. The average molecular weight is 286 g/mol. The van der Waals surface area contributed by atoms with Crippen molar-refractivity contribution in [2.75, 3.05) is 38.5 Å². The van der Waals surface area contributed by atoms with Crippen molar-refractivity contribution in [1.29, 1.82) is 0 Å². The fraction of sp³-hybridized carbons (Fsp3) is 0.417. The molecule has 0 atom stereocenters. The number of likely N-dealkylation sites (N-methyl/N-ethyl adjacent to an activating group) is 1. The Morgan fingerprint density at radius 3 is 2.26 bits per heavy atom. The molecule has 1 aromatic rings. The fourth-order valence-electron chi connectivity index (χ4n) is 1.85. The standard InChI is InChI=1S/C12H16F2N4S/c1-17-2-4-18(5-3-17)16-12(19)15-11-7-9(13)6-10(14)8-11/h6-8H,2-5H2,1H3,(H2,15,16,19). The van der Waals surface area contributed by atoms with Gasteiger partial charge in [0.1, 0.15) is 11.6 Å². The first kappa shape index (κ1) is 14.1. The maximum Gasteiger partial charge on any atom is 0.185 e. The molecule has 2 rings (SSSR count). The molecule has 0 bridgehead atoms. The maximum absolute atomic E-state index is 13.0. The Kier molecular flexibility index (Phi) is 4.62. The van der Waals surface area contributed by atoms with Crippen LogP contribution in [0.2, 0.25) is 0 Å². The van der Waals surface area contributed by atoms with Crippen molar-refractivity contribution < 1.29 is 8.78 Å². The molecular formula is C12H16F2N4S. The number of halogens is 2. The summed E-state index contributed by atoms with van der Waals surface area (Å²) in [5, 5.41) is 5.07. The molecule has 1 aromatic carbocycles. The average Bonchev–Trinajstić information content (AvgIpc) is 2.30. The molecule has 0 aliphatic carbocycles. The molecule has 7 heteroatoms. The van der Waals surface area contributed by atoms with Crippen molar-refractivity contribution >= 4 is 23.0 Å². The number of rotatable bonds is 2. The maximum atomic E-state index is 13.0. The zero-order chi connectivity index (χ0) is 13.8. The lowest BCUT2D eigenvalue weighted by molar-refractivity contribution is 0.131. The quantitative estimate of drug-likeness (QED) is 0.803. The van der Waals surface area contributed by atoms with E-state index >= 15 is 0 Å². The second-order valence-electron chi connectivity index (χ2n) is 4.51. The van der Waals surface area contributed by atoms with Crippen molar-refractivity contribution in [3.8, 4) is 0 Å². The Bertz CT molecular complexity index is 441. The van der Waals surface area contributed by atoms with Crippen LogP contribution in [0.15, 0.2) is 18.2 Å². The van der Waals surface area contributed by atoms with Crippen LogP contribution in [0.25, 0.3) is 0 Å². The van der Waals surface area contributed by atoms with Gasteiger partial charge in [-0.05, 0) is 31.4 Å². The Hall–Kier alpha value is -1.31. The molecular weight excluding hydrogens is 270 g/mol. The van der Waals surface area contributed by atoms with E-state index in [0.717, 1.165) is 32.2 Å². The van der Waals surface area contributed by atoms with Crippen LogP contribution >= 0.6 is 12.2 Å². The molecule has 0 radical (unpaired) electrons. The highest BCUT2D eigenvalue weighted by atomic mass is 32.1. The number of nitrogens with one attached hydrogen (secondary N) is 2. The normalized spacial score (nSPS) is 17.2. The molecule has 19 heavy (non-hydrogen) atoms. The molecule has 1 aliphatic heterocycles. The first-order valence-electron chi connectivity index (χ1n) is 6.00. The van der Waals surface area contributed by atoms with Crippen LogP contribution in [0.4, 0.5) is 14.5 Å². The van der Waals surface area contributed by atoms with Gasteiger partial charge in [0.05, 0.1) is 0 Å². The lowest BCUT2D eigenvalue weighted by Gasteiger charge is -2.33. The van der Waals surface area contributed by atoms with Crippen molar-refractivity contribution in [3.63, 3.8) is 0 Å². The van der Waals surface area contributed by atoms with Gasteiger partial charge in [-0.1, -0.05) is 0 Å². The van der Waals surface area contributed by atoms with E-state index in [1.54, 1.807) is 0 Å². The lowest BCUT2D eigenvalue weighted by atomic mass is 10.3. The monoisotopic (exact) mass is 286 g/mol. The molecule has 4 nitrogen and oxygen atoms in total. The second-order valence-corrected chi connectivity index (χ2v) is 4.92. The summed E-state index contributed by atoms with van der Waals surface area (Å²) >= 11 is 5.11. The number of benzene rings is 1. The summed E-state index contributed by atoms with van der Waals surface area (Å²) < 4.78 is 26.0. The molecule has 1 aliphatic rings. The Morgan fingerprint density at radius 2 is 1.68 bits per heavy atom. The van der Waals surface area contributed by atoms with E-state index in [9.17, 15) is 8.78 Å². The van der Waals surface area contributed by atoms with Gasteiger partial charge in [-0.15, -0.1) is 0 Å². The Balaban J connectivity index is 1.87. The molecule has 1 saturated heterocycles. The van der Waals surface area contributed by atoms with Gasteiger partial charge in [-0.25, -0.2) is 13.8 Å². The van der Waals surface area contributed by atoms with Crippen LogP contribution in [0.5, 0.6) is 0 Å². The molecule has 0 spiro atoms. The molecule has 2 N–H and O–H groups in total. The van der Waals surface area contributed by atoms with Gasteiger partial charge in [-0.3, -0.25) is 5.43 Å². The minimum atomic E-state index is -0.634. The van der Waals surface area contributed by atoms with Gasteiger partial charge in [0, 0.05) is 37.9 Å². The van der Waals surface area contributed by atoms with Crippen LogP contribution in [0.1, 0.15) is 0 Å². The smallest absolute Gasteiger partial charge is 0.185 e. The summed E-state index contributed by atoms with van der Waals surface area (Å²) in [6.45, 7) is 3.58. The summed E-state index contributed by atoms with van der Waals surface area (Å²) in [4.78, 5) is 2.22. The first-order chi connectivity index (χ1) is 9.02. The van der Waals surface area contributed by atoms with E-state index in [1.165, 1.54) is 12.1 Å². The number of thiocarbonyl (C=S) groups is 1. The largest absolute Gasteiger partial charge is 0.331 e. The second kappa shape index (κ2) is 6.23. The third-order valence-electron chi connectivity index (χ3n) is 2.88. The van der Waals surface area contributed by atoms with Crippen LogP contribution < -0.4 is 10.7 Å². The van der Waals surface area contributed by atoms with E-state index in [-0.39, 0.29) is 0 Å². The van der Waals surface area contributed by atoms with E-state index in [2.05, 4.69) is 22.7 Å². The number of hydrogen-bond donors (Lipinski definition) is 2. The highest BCUT2D eigenvalue weighted by Gasteiger charge is 2.14. The fourth-order valence-corrected chi connectivity index (χ4v) is 2.09. The van der Waals surface area contributed by atoms with E-state index in [0.29, 0.717) is 10.8 Å². The number of nitrogens with zero attached hydrogens (tertiary/aromatic N) is 2. The molecule has 0 amide bonds. The third-order valence-corrected chi connectivity index (χ3v) is 3.08. The van der Waals surface area contributed by atoms with Gasteiger partial charge >= 0.3 is 0 Å². The molecule has 104 valence electrons. The summed E-state index contributed by atoms with van der Waals surface area (Å²) in [5.74, 6) is -1.27. The van der Waals surface area contributed by atoms with Crippen LogP contribution in [-0.2, 0) is 0 Å². The Morgan fingerprint density at radius 1 is 1.11 bits per heavy atom. The molecule has 0 saturated carbocycles. The number of hydrazine groups is 1.